The zero-order valence-electron chi connectivity index (χ0n) is 12.9. The fourth-order valence-corrected chi connectivity index (χ4v) is 3.22. The van der Waals surface area contributed by atoms with Crippen LogP contribution in [0.5, 0.6) is 0 Å². The molecule has 1 aromatic rings. The lowest BCUT2D eigenvalue weighted by Gasteiger charge is -2.31. The summed E-state index contributed by atoms with van der Waals surface area (Å²) in [5, 5.41) is 0. The molecule has 2 fully saturated rings. The zero-order chi connectivity index (χ0) is 14.7. The summed E-state index contributed by atoms with van der Waals surface area (Å²) in [7, 11) is 0. The predicted octanol–water partition coefficient (Wildman–Crippen LogP) is 2.94. The van der Waals surface area contributed by atoms with Crippen molar-refractivity contribution in [3.8, 4) is 0 Å². The highest BCUT2D eigenvalue weighted by molar-refractivity contribution is 5.92. The summed E-state index contributed by atoms with van der Waals surface area (Å²) in [6, 6.07) is 5.85. The Morgan fingerprint density at radius 3 is 2.52 bits per heavy atom. The third-order valence-electron chi connectivity index (χ3n) is 4.70. The number of amides is 1. The fourth-order valence-electron chi connectivity index (χ4n) is 3.22. The van der Waals surface area contributed by atoms with Gasteiger partial charge in [-0.15, -0.1) is 0 Å². The van der Waals surface area contributed by atoms with Crippen LogP contribution in [0.1, 0.15) is 49.5 Å². The van der Waals surface area contributed by atoms with Gasteiger partial charge in [-0.3, -0.25) is 4.79 Å². The maximum Gasteiger partial charge on any atom is 0.272 e. The molecule has 0 unspecified atom stereocenters. The van der Waals surface area contributed by atoms with Crippen molar-refractivity contribution in [1.82, 2.24) is 9.88 Å². The highest BCUT2D eigenvalue weighted by atomic mass is 16.2. The molecule has 0 saturated carbocycles. The average Bonchev–Trinajstić information content (AvgIpc) is 2.56. The standard InChI is InChI=1S/C17H25N3O/c1-14-8-12-20(13-9-14)17(21)15-6-5-7-16(18-15)19-10-3-2-4-11-19/h5-7,14H,2-4,8-13H2,1H3. The van der Waals surface area contributed by atoms with Crippen molar-refractivity contribution < 1.29 is 4.79 Å². The van der Waals surface area contributed by atoms with E-state index in [1.165, 1.54) is 19.3 Å². The number of carbonyl (C=O) groups excluding carboxylic acids is 1. The number of piperidine rings is 2. The molecular formula is C17H25N3O. The van der Waals surface area contributed by atoms with Crippen LogP contribution in [0.3, 0.4) is 0 Å². The highest BCUT2D eigenvalue weighted by Gasteiger charge is 2.23. The summed E-state index contributed by atoms with van der Waals surface area (Å²) < 4.78 is 0. The van der Waals surface area contributed by atoms with Crippen LogP contribution < -0.4 is 4.90 Å². The van der Waals surface area contributed by atoms with Crippen LogP contribution in [0.4, 0.5) is 5.82 Å². The molecule has 0 spiro atoms. The molecule has 4 heteroatoms. The fraction of sp³-hybridized carbons (Fsp3) is 0.647. The number of hydrogen-bond donors (Lipinski definition) is 0. The van der Waals surface area contributed by atoms with Crippen molar-refractivity contribution >= 4 is 11.7 Å². The third kappa shape index (κ3) is 3.36. The minimum absolute atomic E-state index is 0.0979. The van der Waals surface area contributed by atoms with Crippen molar-refractivity contribution in [3.63, 3.8) is 0 Å². The van der Waals surface area contributed by atoms with Gasteiger partial charge in [0.25, 0.3) is 5.91 Å². The van der Waals surface area contributed by atoms with Gasteiger partial charge < -0.3 is 9.80 Å². The maximum absolute atomic E-state index is 12.6. The lowest BCUT2D eigenvalue weighted by Crippen LogP contribution is -2.38. The maximum atomic E-state index is 12.6. The second-order valence-electron chi connectivity index (χ2n) is 6.40. The van der Waals surface area contributed by atoms with E-state index in [0.29, 0.717) is 5.69 Å². The molecule has 21 heavy (non-hydrogen) atoms. The summed E-state index contributed by atoms with van der Waals surface area (Å²) in [5.74, 6) is 1.80. The number of hydrogen-bond acceptors (Lipinski definition) is 3. The molecule has 0 bridgehead atoms. The number of anilines is 1. The first-order valence-corrected chi connectivity index (χ1v) is 8.25. The summed E-state index contributed by atoms with van der Waals surface area (Å²) in [6.45, 7) is 6.13. The Hall–Kier alpha value is -1.58. The van der Waals surface area contributed by atoms with Gasteiger partial charge in [0.1, 0.15) is 11.5 Å². The third-order valence-corrected chi connectivity index (χ3v) is 4.70. The summed E-state index contributed by atoms with van der Waals surface area (Å²) >= 11 is 0. The molecule has 2 aliphatic heterocycles. The Labute approximate surface area is 127 Å². The molecule has 2 saturated heterocycles. The highest BCUT2D eigenvalue weighted by Crippen LogP contribution is 2.20. The average molecular weight is 287 g/mol. The molecule has 3 heterocycles. The van der Waals surface area contributed by atoms with Gasteiger partial charge in [0, 0.05) is 26.2 Å². The van der Waals surface area contributed by atoms with Gasteiger partial charge in [-0.1, -0.05) is 13.0 Å². The first-order valence-electron chi connectivity index (χ1n) is 8.25. The Bertz CT molecular complexity index is 489. The van der Waals surface area contributed by atoms with Gasteiger partial charge in [0.05, 0.1) is 0 Å². The van der Waals surface area contributed by atoms with E-state index < -0.39 is 0 Å². The zero-order valence-corrected chi connectivity index (χ0v) is 12.9. The lowest BCUT2D eigenvalue weighted by molar-refractivity contribution is 0.0691. The summed E-state index contributed by atoms with van der Waals surface area (Å²) in [5.41, 5.74) is 0.604. The molecule has 0 aliphatic carbocycles. The Morgan fingerprint density at radius 1 is 1.10 bits per heavy atom. The normalized spacial score (nSPS) is 20.6. The van der Waals surface area contributed by atoms with E-state index in [2.05, 4.69) is 16.8 Å². The van der Waals surface area contributed by atoms with Gasteiger partial charge in [-0.05, 0) is 50.2 Å². The van der Waals surface area contributed by atoms with E-state index in [4.69, 9.17) is 0 Å². The molecule has 0 atom stereocenters. The molecule has 4 nitrogen and oxygen atoms in total. The molecule has 1 aromatic heterocycles. The van der Waals surface area contributed by atoms with Crippen LogP contribution in [0.2, 0.25) is 0 Å². The predicted molar refractivity (Wildman–Crippen MR) is 84.6 cm³/mol. The minimum atomic E-state index is 0.0979. The van der Waals surface area contributed by atoms with E-state index in [0.717, 1.165) is 50.8 Å². The van der Waals surface area contributed by atoms with Crippen molar-refractivity contribution in [2.24, 2.45) is 5.92 Å². The van der Waals surface area contributed by atoms with Crippen LogP contribution in [-0.2, 0) is 0 Å². The molecule has 114 valence electrons. The van der Waals surface area contributed by atoms with Crippen LogP contribution >= 0.6 is 0 Å². The molecular weight excluding hydrogens is 262 g/mol. The van der Waals surface area contributed by atoms with Crippen LogP contribution in [-0.4, -0.2) is 42.0 Å². The number of nitrogens with zero attached hydrogens (tertiary/aromatic N) is 3. The largest absolute Gasteiger partial charge is 0.357 e. The molecule has 0 N–H and O–H groups in total. The lowest BCUT2D eigenvalue weighted by atomic mass is 9.99. The molecule has 3 rings (SSSR count). The summed E-state index contributed by atoms with van der Waals surface area (Å²) in [6.07, 6.45) is 5.98. The van der Waals surface area contributed by atoms with Crippen molar-refractivity contribution in [1.29, 1.82) is 0 Å². The first-order chi connectivity index (χ1) is 10.2. The number of pyridine rings is 1. The van der Waals surface area contributed by atoms with Crippen LogP contribution in [0.25, 0.3) is 0 Å². The van der Waals surface area contributed by atoms with Gasteiger partial charge in [0.15, 0.2) is 0 Å². The first kappa shape index (κ1) is 14.4. The van der Waals surface area contributed by atoms with Gasteiger partial charge in [0.2, 0.25) is 0 Å². The second kappa shape index (κ2) is 6.46. The number of aromatic nitrogens is 1. The van der Waals surface area contributed by atoms with E-state index in [1.54, 1.807) is 0 Å². The van der Waals surface area contributed by atoms with Crippen LogP contribution in [0, 0.1) is 5.92 Å². The number of likely N-dealkylation sites (tertiary alicyclic amines) is 1. The molecule has 0 aromatic carbocycles. The number of rotatable bonds is 2. The Morgan fingerprint density at radius 2 is 1.81 bits per heavy atom. The van der Waals surface area contributed by atoms with Crippen molar-refractivity contribution in [2.75, 3.05) is 31.1 Å². The SMILES string of the molecule is CC1CCN(C(=O)c2cccc(N3CCCCC3)n2)CC1. The molecule has 2 aliphatic rings. The van der Waals surface area contributed by atoms with E-state index in [9.17, 15) is 4.79 Å². The quantitative estimate of drug-likeness (QED) is 0.839. The van der Waals surface area contributed by atoms with Crippen molar-refractivity contribution in [2.45, 2.75) is 39.0 Å². The van der Waals surface area contributed by atoms with E-state index in [-0.39, 0.29) is 5.91 Å². The van der Waals surface area contributed by atoms with Gasteiger partial charge in [-0.25, -0.2) is 4.98 Å². The number of carbonyl (C=O) groups is 1. The Balaban J connectivity index is 1.71. The van der Waals surface area contributed by atoms with E-state index >= 15 is 0 Å². The van der Waals surface area contributed by atoms with Crippen molar-refractivity contribution in [3.05, 3.63) is 23.9 Å². The summed E-state index contributed by atoms with van der Waals surface area (Å²) in [4.78, 5) is 21.5. The molecule has 0 radical (unpaired) electrons. The molecule has 1 amide bonds. The smallest absolute Gasteiger partial charge is 0.272 e. The Kier molecular flexibility index (Phi) is 4.42. The second-order valence-corrected chi connectivity index (χ2v) is 6.40. The topological polar surface area (TPSA) is 36.4 Å². The minimum Gasteiger partial charge on any atom is -0.357 e. The van der Waals surface area contributed by atoms with Gasteiger partial charge in [-0.2, -0.15) is 0 Å². The van der Waals surface area contributed by atoms with E-state index in [1.807, 2.05) is 23.1 Å². The monoisotopic (exact) mass is 287 g/mol. The van der Waals surface area contributed by atoms with Gasteiger partial charge >= 0.3 is 0 Å². The van der Waals surface area contributed by atoms with Crippen LogP contribution in [0.15, 0.2) is 18.2 Å².